The van der Waals surface area contributed by atoms with Crippen molar-refractivity contribution >= 4 is 61.2 Å². The number of carbonyl (C=O) groups excluding carboxylic acids is 1. The Morgan fingerprint density at radius 2 is 1.79 bits per heavy atom. The van der Waals surface area contributed by atoms with Crippen LogP contribution in [0.15, 0.2) is 26.8 Å². The number of hydrogen-bond acceptors (Lipinski definition) is 3. The number of hydrogen-bond donors (Lipinski definition) is 1. The Bertz CT molecular complexity index is 706. The maximum absolute atomic E-state index is 12.9. The molecule has 24 heavy (non-hydrogen) atoms. The summed E-state index contributed by atoms with van der Waals surface area (Å²) >= 11 is 12.2. The van der Waals surface area contributed by atoms with Gasteiger partial charge in [-0.15, -0.1) is 0 Å². The number of halogens is 2. The number of phenolic OH excluding ortho intramolecular Hbond substituents is 1. The first-order chi connectivity index (χ1) is 11.4. The third-order valence-corrected chi connectivity index (χ3v) is 6.25. The van der Waals surface area contributed by atoms with E-state index in [1.165, 1.54) is 6.42 Å². The molecule has 1 saturated carbocycles. The van der Waals surface area contributed by atoms with Crippen molar-refractivity contribution in [2.24, 2.45) is 0 Å². The van der Waals surface area contributed by atoms with Gasteiger partial charge in [-0.3, -0.25) is 9.69 Å². The van der Waals surface area contributed by atoms with E-state index in [0.29, 0.717) is 19.8 Å². The molecule has 7 heteroatoms. The van der Waals surface area contributed by atoms with Gasteiger partial charge in [-0.1, -0.05) is 19.3 Å². The van der Waals surface area contributed by atoms with Crippen LogP contribution in [0.5, 0.6) is 5.75 Å². The number of benzene rings is 1. The fraction of sp³-hybridized carbons (Fsp3) is 0.412. The maximum Gasteiger partial charge on any atom is 0.277 e. The van der Waals surface area contributed by atoms with Crippen LogP contribution < -0.4 is 0 Å². The number of likely N-dealkylation sites (N-methyl/N-ethyl adjacent to an activating group) is 1. The van der Waals surface area contributed by atoms with Crippen molar-refractivity contribution in [1.29, 1.82) is 0 Å². The first-order valence-electron chi connectivity index (χ1n) is 7.91. The van der Waals surface area contributed by atoms with E-state index in [9.17, 15) is 9.90 Å². The van der Waals surface area contributed by atoms with E-state index < -0.39 is 0 Å². The highest BCUT2D eigenvalue weighted by Crippen LogP contribution is 2.35. The van der Waals surface area contributed by atoms with E-state index in [1.807, 2.05) is 13.1 Å². The van der Waals surface area contributed by atoms with Gasteiger partial charge >= 0.3 is 0 Å². The molecular weight excluding hydrogens is 456 g/mol. The van der Waals surface area contributed by atoms with Crippen LogP contribution in [-0.2, 0) is 4.79 Å². The molecule has 128 valence electrons. The minimum atomic E-state index is -0.0327. The third kappa shape index (κ3) is 3.26. The lowest BCUT2D eigenvalue weighted by Crippen LogP contribution is -2.41. The Kier molecular flexibility index (Phi) is 5.32. The summed E-state index contributed by atoms with van der Waals surface area (Å²) < 4.78 is 1.15. The minimum Gasteiger partial charge on any atom is -0.506 e. The van der Waals surface area contributed by atoms with Crippen LogP contribution in [0, 0.1) is 0 Å². The Morgan fingerprint density at radius 1 is 1.21 bits per heavy atom. The number of amides is 1. The molecule has 0 atom stereocenters. The summed E-state index contributed by atoms with van der Waals surface area (Å²) in [5, 5.41) is 10.4. The quantitative estimate of drug-likeness (QED) is 0.501. The molecule has 0 unspecified atom stereocenters. The molecule has 4 nitrogen and oxygen atoms in total. The SMILES string of the molecule is CN1C(=S)N(C2CCCCC2)C(=O)/C1=C/c1cc(Br)c(O)c(Br)c1. The molecule has 1 saturated heterocycles. The fourth-order valence-corrected chi connectivity index (χ4v) is 4.82. The van der Waals surface area contributed by atoms with Crippen LogP contribution in [0.4, 0.5) is 0 Å². The lowest BCUT2D eigenvalue weighted by Gasteiger charge is -2.30. The Hall–Kier alpha value is -0.920. The van der Waals surface area contributed by atoms with Crippen LogP contribution >= 0.6 is 44.1 Å². The summed E-state index contributed by atoms with van der Waals surface area (Å²) in [5.74, 6) is 0.109. The summed E-state index contributed by atoms with van der Waals surface area (Å²) in [4.78, 5) is 16.5. The minimum absolute atomic E-state index is 0.0327. The first-order valence-corrected chi connectivity index (χ1v) is 9.90. The molecule has 0 spiro atoms. The average Bonchev–Trinajstić information content (AvgIpc) is 2.77. The Labute approximate surface area is 163 Å². The second kappa shape index (κ2) is 7.14. The molecular formula is C17H18Br2N2O2S. The topological polar surface area (TPSA) is 43.8 Å². The van der Waals surface area contributed by atoms with E-state index in [1.54, 1.807) is 21.9 Å². The molecule has 1 aliphatic carbocycles. The summed E-state index contributed by atoms with van der Waals surface area (Å²) in [6.45, 7) is 0. The van der Waals surface area contributed by atoms with Crippen LogP contribution in [0.1, 0.15) is 37.7 Å². The maximum atomic E-state index is 12.9. The van der Waals surface area contributed by atoms with Crippen molar-refractivity contribution in [3.63, 3.8) is 0 Å². The van der Waals surface area contributed by atoms with Gasteiger partial charge in [0.05, 0.1) is 8.95 Å². The number of carbonyl (C=O) groups is 1. The highest BCUT2D eigenvalue weighted by atomic mass is 79.9. The van der Waals surface area contributed by atoms with Crippen LogP contribution in [-0.4, -0.2) is 39.0 Å². The Balaban J connectivity index is 1.93. The van der Waals surface area contributed by atoms with Gasteiger partial charge in [-0.05, 0) is 80.7 Å². The molecule has 2 aliphatic rings. The lowest BCUT2D eigenvalue weighted by molar-refractivity contribution is -0.124. The van der Waals surface area contributed by atoms with Crippen molar-refractivity contribution in [2.45, 2.75) is 38.1 Å². The molecule has 3 rings (SSSR count). The predicted octanol–water partition coefficient (Wildman–Crippen LogP) is 4.65. The number of thiocarbonyl (C=S) groups is 1. The average molecular weight is 474 g/mol. The molecule has 2 fully saturated rings. The molecule has 1 aromatic rings. The second-order valence-corrected chi connectivity index (χ2v) is 8.25. The van der Waals surface area contributed by atoms with Crippen molar-refractivity contribution in [2.75, 3.05) is 7.05 Å². The smallest absolute Gasteiger partial charge is 0.277 e. The molecule has 0 radical (unpaired) electrons. The van der Waals surface area contributed by atoms with Crippen molar-refractivity contribution in [3.8, 4) is 5.75 Å². The Morgan fingerprint density at radius 3 is 2.38 bits per heavy atom. The van der Waals surface area contributed by atoms with Gasteiger partial charge < -0.3 is 10.0 Å². The molecule has 1 amide bonds. The summed E-state index contributed by atoms with van der Waals surface area (Å²) in [7, 11) is 1.83. The molecule has 1 aromatic carbocycles. The fourth-order valence-electron chi connectivity index (χ4n) is 3.26. The van der Waals surface area contributed by atoms with Crippen LogP contribution in [0.2, 0.25) is 0 Å². The molecule has 0 aromatic heterocycles. The van der Waals surface area contributed by atoms with Gasteiger partial charge in [-0.2, -0.15) is 0 Å². The zero-order valence-electron chi connectivity index (χ0n) is 13.3. The van der Waals surface area contributed by atoms with E-state index in [-0.39, 0.29) is 17.7 Å². The summed E-state index contributed by atoms with van der Waals surface area (Å²) in [6, 6.07) is 3.77. The lowest BCUT2D eigenvalue weighted by atomic mass is 9.94. The van der Waals surface area contributed by atoms with Gasteiger partial charge in [0.1, 0.15) is 11.4 Å². The van der Waals surface area contributed by atoms with Crippen molar-refractivity contribution < 1.29 is 9.90 Å². The molecule has 1 N–H and O–H groups in total. The van der Waals surface area contributed by atoms with Gasteiger partial charge in [0.25, 0.3) is 5.91 Å². The van der Waals surface area contributed by atoms with Gasteiger partial charge in [0, 0.05) is 13.1 Å². The number of nitrogens with zero attached hydrogens (tertiary/aromatic N) is 2. The third-order valence-electron chi connectivity index (χ3n) is 4.57. The van der Waals surface area contributed by atoms with E-state index in [2.05, 4.69) is 31.9 Å². The van der Waals surface area contributed by atoms with E-state index in [0.717, 1.165) is 31.2 Å². The predicted molar refractivity (Wildman–Crippen MR) is 106 cm³/mol. The normalized spacial score (nSPS) is 21.2. The molecule has 1 heterocycles. The first kappa shape index (κ1) is 17.9. The zero-order valence-corrected chi connectivity index (χ0v) is 17.2. The van der Waals surface area contributed by atoms with Crippen LogP contribution in [0.3, 0.4) is 0 Å². The van der Waals surface area contributed by atoms with Crippen LogP contribution in [0.25, 0.3) is 6.08 Å². The van der Waals surface area contributed by atoms with Gasteiger partial charge in [0.15, 0.2) is 5.11 Å². The highest BCUT2D eigenvalue weighted by Gasteiger charge is 2.40. The summed E-state index contributed by atoms with van der Waals surface area (Å²) in [5.41, 5.74) is 1.38. The van der Waals surface area contributed by atoms with Crippen molar-refractivity contribution in [1.82, 2.24) is 9.80 Å². The van der Waals surface area contributed by atoms with E-state index in [4.69, 9.17) is 12.2 Å². The standard InChI is InChI=1S/C17H18Br2N2O2S/c1-20-14(9-10-7-12(18)15(22)13(19)8-10)16(23)21(17(20)24)11-5-3-2-4-6-11/h7-9,11,22H,2-6H2,1H3/b14-9-. The van der Waals surface area contributed by atoms with Crippen molar-refractivity contribution in [3.05, 3.63) is 32.3 Å². The zero-order chi connectivity index (χ0) is 17.4. The largest absolute Gasteiger partial charge is 0.506 e. The number of rotatable bonds is 2. The number of aromatic hydroxyl groups is 1. The molecule has 0 bridgehead atoms. The monoisotopic (exact) mass is 472 g/mol. The number of phenols is 1. The molecule has 1 aliphatic heterocycles. The van der Waals surface area contributed by atoms with E-state index >= 15 is 0 Å². The van der Waals surface area contributed by atoms with Gasteiger partial charge in [-0.25, -0.2) is 0 Å². The second-order valence-electron chi connectivity index (χ2n) is 6.17. The highest BCUT2D eigenvalue weighted by molar-refractivity contribution is 9.11. The summed E-state index contributed by atoms with van der Waals surface area (Å²) in [6.07, 6.45) is 7.38. The van der Waals surface area contributed by atoms with Gasteiger partial charge in [0.2, 0.25) is 0 Å².